The van der Waals surface area contributed by atoms with Crippen LogP contribution in [0.25, 0.3) is 0 Å². The number of hydrogen-bond acceptors (Lipinski definition) is 2. The van der Waals surface area contributed by atoms with E-state index in [1.54, 1.807) is 0 Å². The average Bonchev–Trinajstić information content (AvgIpc) is 2.02. The maximum absolute atomic E-state index is 11.4. The molecule has 3 heteroatoms. The molecule has 1 unspecified atom stereocenters. The van der Waals surface area contributed by atoms with Gasteiger partial charge in [-0.3, -0.25) is 4.18 Å². The summed E-state index contributed by atoms with van der Waals surface area (Å²) in [7, 11) is 0. The summed E-state index contributed by atoms with van der Waals surface area (Å²) >= 11 is -1.19. The summed E-state index contributed by atoms with van der Waals surface area (Å²) in [5, 5.41) is 0. The molecule has 0 aliphatic heterocycles. The van der Waals surface area contributed by atoms with E-state index in [2.05, 4.69) is 13.0 Å². The van der Waals surface area contributed by atoms with E-state index in [9.17, 15) is 4.21 Å². The molecule has 0 aliphatic rings. The Bertz CT molecular complexity index is 180. The minimum absolute atomic E-state index is 0.279. The van der Waals surface area contributed by atoms with Crippen LogP contribution in [0.1, 0.15) is 40.5 Å². The van der Waals surface area contributed by atoms with Crippen LogP contribution in [0.15, 0.2) is 12.2 Å². The second kappa shape index (κ2) is 6.33. The molecule has 0 spiro atoms. The number of hydrogen-bond donors (Lipinski definition) is 0. The van der Waals surface area contributed by atoms with E-state index >= 15 is 0 Å². The summed E-state index contributed by atoms with van der Waals surface area (Å²) in [6.07, 6.45) is 6.18. The number of unbranched alkanes of at least 4 members (excludes halogenated alkanes) is 1. The van der Waals surface area contributed by atoms with E-state index in [4.69, 9.17) is 4.18 Å². The van der Waals surface area contributed by atoms with Crippen molar-refractivity contribution in [3.63, 3.8) is 0 Å². The van der Waals surface area contributed by atoms with Gasteiger partial charge in [0.25, 0.3) is 0 Å². The lowest BCUT2D eigenvalue weighted by Crippen LogP contribution is -2.23. The van der Waals surface area contributed by atoms with Gasteiger partial charge in [-0.1, -0.05) is 25.5 Å². The Morgan fingerprint density at radius 1 is 1.31 bits per heavy atom. The van der Waals surface area contributed by atoms with Gasteiger partial charge in [0.05, 0.1) is 11.4 Å². The molecule has 0 rings (SSSR count). The van der Waals surface area contributed by atoms with Gasteiger partial charge in [0.1, 0.15) is 0 Å². The Hall–Kier alpha value is -0.150. The fraction of sp³-hybridized carbons (Fsp3) is 0.800. The van der Waals surface area contributed by atoms with Crippen LogP contribution in [-0.2, 0) is 15.3 Å². The Morgan fingerprint density at radius 2 is 1.92 bits per heavy atom. The molecule has 0 heterocycles. The predicted molar refractivity (Wildman–Crippen MR) is 57.9 cm³/mol. The Kier molecular flexibility index (Phi) is 6.25. The molecule has 0 saturated carbocycles. The van der Waals surface area contributed by atoms with Gasteiger partial charge >= 0.3 is 0 Å². The summed E-state index contributed by atoms with van der Waals surface area (Å²) in [5.41, 5.74) is 0. The smallest absolute Gasteiger partial charge is 0.161 e. The lowest BCUT2D eigenvalue weighted by atomic mass is 10.3. The van der Waals surface area contributed by atoms with E-state index < -0.39 is 11.1 Å². The largest absolute Gasteiger partial charge is 0.286 e. The first-order chi connectivity index (χ1) is 5.98. The van der Waals surface area contributed by atoms with Crippen LogP contribution in [0.4, 0.5) is 0 Å². The third-order valence-corrected chi connectivity index (χ3v) is 2.74. The summed E-state index contributed by atoms with van der Waals surface area (Å²) in [5.74, 6) is 0. The lowest BCUT2D eigenvalue weighted by molar-refractivity contribution is 0.380. The monoisotopic (exact) mass is 204 g/mol. The van der Waals surface area contributed by atoms with Crippen molar-refractivity contribution in [2.45, 2.75) is 45.3 Å². The van der Waals surface area contributed by atoms with Gasteiger partial charge in [0.15, 0.2) is 11.1 Å². The molecule has 78 valence electrons. The van der Waals surface area contributed by atoms with Crippen molar-refractivity contribution in [1.29, 1.82) is 0 Å². The highest BCUT2D eigenvalue weighted by Gasteiger charge is 2.19. The Morgan fingerprint density at radius 3 is 2.38 bits per heavy atom. The highest BCUT2D eigenvalue weighted by molar-refractivity contribution is 7.81. The van der Waals surface area contributed by atoms with Crippen molar-refractivity contribution >= 4 is 11.1 Å². The van der Waals surface area contributed by atoms with Gasteiger partial charge in [-0.05, 0) is 27.2 Å². The zero-order valence-electron chi connectivity index (χ0n) is 9.00. The van der Waals surface area contributed by atoms with Crippen molar-refractivity contribution in [2.24, 2.45) is 0 Å². The van der Waals surface area contributed by atoms with Crippen LogP contribution in [0.5, 0.6) is 0 Å². The molecule has 0 aromatic carbocycles. The van der Waals surface area contributed by atoms with Gasteiger partial charge < -0.3 is 0 Å². The number of rotatable bonds is 5. The normalized spacial score (nSPS) is 15.1. The topological polar surface area (TPSA) is 26.3 Å². The molecule has 2 nitrogen and oxygen atoms in total. The molecule has 0 fully saturated rings. The molecule has 0 aliphatic carbocycles. The van der Waals surface area contributed by atoms with Crippen LogP contribution < -0.4 is 0 Å². The molecular formula is C10H20O2S. The standard InChI is InChI=1S/C10H20O2S/c1-5-6-7-8-9-12-13(11)10(2,3)4/h7-8H,5-6,9H2,1-4H3/b8-7+. The second-order valence-corrected chi connectivity index (χ2v) is 5.82. The van der Waals surface area contributed by atoms with Gasteiger partial charge in [0, 0.05) is 0 Å². The average molecular weight is 204 g/mol. The minimum Gasteiger partial charge on any atom is -0.286 e. The summed E-state index contributed by atoms with van der Waals surface area (Å²) in [6, 6.07) is 0. The molecular weight excluding hydrogens is 184 g/mol. The third kappa shape index (κ3) is 6.96. The van der Waals surface area contributed by atoms with Crippen molar-refractivity contribution in [1.82, 2.24) is 0 Å². The molecule has 0 amide bonds. The van der Waals surface area contributed by atoms with E-state index in [1.165, 1.54) is 0 Å². The van der Waals surface area contributed by atoms with E-state index in [-0.39, 0.29) is 4.75 Å². The lowest BCUT2D eigenvalue weighted by Gasteiger charge is -2.15. The van der Waals surface area contributed by atoms with Gasteiger partial charge in [-0.25, -0.2) is 4.21 Å². The maximum Gasteiger partial charge on any atom is 0.161 e. The molecule has 13 heavy (non-hydrogen) atoms. The predicted octanol–water partition coefficient (Wildman–Crippen LogP) is 2.82. The van der Waals surface area contributed by atoms with Gasteiger partial charge in [-0.15, -0.1) is 0 Å². The first-order valence-electron chi connectivity index (χ1n) is 4.68. The first-order valence-corrected chi connectivity index (χ1v) is 5.76. The van der Waals surface area contributed by atoms with Crippen LogP contribution in [-0.4, -0.2) is 15.6 Å². The quantitative estimate of drug-likeness (QED) is 0.644. The summed E-state index contributed by atoms with van der Waals surface area (Å²) < 4.78 is 16.2. The summed E-state index contributed by atoms with van der Waals surface area (Å²) in [4.78, 5) is 0. The van der Waals surface area contributed by atoms with Crippen molar-refractivity contribution < 1.29 is 8.39 Å². The minimum atomic E-state index is -1.19. The van der Waals surface area contributed by atoms with E-state index in [0.717, 1.165) is 12.8 Å². The fourth-order valence-corrected chi connectivity index (χ4v) is 1.19. The molecule has 0 aromatic heterocycles. The Balaban J connectivity index is 3.60. The van der Waals surface area contributed by atoms with Crippen LogP contribution in [0.2, 0.25) is 0 Å². The zero-order chi connectivity index (χ0) is 10.3. The molecule has 1 atom stereocenters. The van der Waals surface area contributed by atoms with E-state index in [0.29, 0.717) is 6.61 Å². The van der Waals surface area contributed by atoms with Crippen molar-refractivity contribution in [3.05, 3.63) is 12.2 Å². The SMILES string of the molecule is CCC/C=C/COS(=O)C(C)(C)C. The second-order valence-electron chi connectivity index (χ2n) is 3.89. The molecule has 0 N–H and O–H groups in total. The van der Waals surface area contributed by atoms with Crippen LogP contribution >= 0.6 is 0 Å². The third-order valence-electron chi connectivity index (χ3n) is 1.39. The highest BCUT2D eigenvalue weighted by atomic mass is 32.2. The fourth-order valence-electron chi connectivity index (χ4n) is 0.630. The molecule has 0 bridgehead atoms. The summed E-state index contributed by atoms with van der Waals surface area (Å²) in [6.45, 7) is 8.28. The van der Waals surface area contributed by atoms with Crippen molar-refractivity contribution in [3.8, 4) is 0 Å². The maximum atomic E-state index is 11.4. The zero-order valence-corrected chi connectivity index (χ0v) is 9.82. The van der Waals surface area contributed by atoms with Crippen LogP contribution in [0, 0.1) is 0 Å². The van der Waals surface area contributed by atoms with Crippen LogP contribution in [0.3, 0.4) is 0 Å². The first kappa shape index (κ1) is 12.8. The van der Waals surface area contributed by atoms with Crippen molar-refractivity contribution in [2.75, 3.05) is 6.61 Å². The molecule has 0 saturated heterocycles. The van der Waals surface area contributed by atoms with Gasteiger partial charge in [-0.2, -0.15) is 0 Å². The number of allylic oxidation sites excluding steroid dienone is 1. The van der Waals surface area contributed by atoms with E-state index in [1.807, 2.05) is 26.8 Å². The van der Waals surface area contributed by atoms with Gasteiger partial charge in [0.2, 0.25) is 0 Å². The Labute approximate surface area is 84.0 Å². The molecule has 0 aromatic rings. The molecule has 0 radical (unpaired) electrons. The highest BCUT2D eigenvalue weighted by Crippen LogP contribution is 2.11.